The standard InChI is InChI=1S/C22H30N2O4/c1-16-8-10-17(11-9-16)20(26)24-14-6-7-18(15-24)19(25)23-22(21(27)28-2)12-4-3-5-13-22/h8-11,18H,3-7,12-15H2,1-2H3,(H,23,25). The summed E-state index contributed by atoms with van der Waals surface area (Å²) in [5.74, 6) is -0.845. The topological polar surface area (TPSA) is 75.7 Å². The molecule has 1 aliphatic heterocycles. The number of carbonyl (C=O) groups is 3. The van der Waals surface area contributed by atoms with Gasteiger partial charge in [0.2, 0.25) is 5.91 Å². The molecule has 0 bridgehead atoms. The average molecular weight is 386 g/mol. The average Bonchev–Trinajstić information content (AvgIpc) is 2.74. The molecule has 0 aromatic heterocycles. The Labute approximate surface area is 166 Å². The maximum atomic E-state index is 13.0. The number of nitrogens with one attached hydrogen (secondary N) is 1. The first-order chi connectivity index (χ1) is 13.4. The first-order valence-corrected chi connectivity index (χ1v) is 10.2. The second kappa shape index (κ2) is 8.76. The largest absolute Gasteiger partial charge is 0.467 e. The van der Waals surface area contributed by atoms with Crippen molar-refractivity contribution in [3.63, 3.8) is 0 Å². The Hall–Kier alpha value is -2.37. The molecule has 2 aliphatic rings. The number of rotatable bonds is 4. The molecule has 1 unspecified atom stereocenters. The monoisotopic (exact) mass is 386 g/mol. The molecule has 1 saturated heterocycles. The van der Waals surface area contributed by atoms with Crippen LogP contribution in [0.1, 0.15) is 60.9 Å². The molecule has 3 rings (SSSR count). The number of methoxy groups -OCH3 is 1. The van der Waals surface area contributed by atoms with Crippen LogP contribution >= 0.6 is 0 Å². The number of ether oxygens (including phenoxy) is 1. The van der Waals surface area contributed by atoms with E-state index in [2.05, 4.69) is 5.32 Å². The molecule has 1 N–H and O–H groups in total. The molecule has 6 heteroatoms. The second-order valence-corrected chi connectivity index (χ2v) is 8.08. The van der Waals surface area contributed by atoms with Gasteiger partial charge in [-0.15, -0.1) is 0 Å². The van der Waals surface area contributed by atoms with Crippen LogP contribution in [0.15, 0.2) is 24.3 Å². The summed E-state index contributed by atoms with van der Waals surface area (Å²) in [6.45, 7) is 3.02. The molecule has 1 heterocycles. The third-order valence-electron chi connectivity index (χ3n) is 6.02. The Kier molecular flexibility index (Phi) is 6.37. The van der Waals surface area contributed by atoms with Crippen LogP contribution in [0.2, 0.25) is 0 Å². The van der Waals surface area contributed by atoms with E-state index in [1.54, 1.807) is 4.90 Å². The van der Waals surface area contributed by atoms with E-state index in [9.17, 15) is 14.4 Å². The van der Waals surface area contributed by atoms with Crippen molar-refractivity contribution in [3.8, 4) is 0 Å². The summed E-state index contributed by atoms with van der Waals surface area (Å²) in [6.07, 6.45) is 5.60. The third-order valence-corrected chi connectivity index (χ3v) is 6.02. The Balaban J connectivity index is 1.67. The van der Waals surface area contributed by atoms with E-state index in [-0.39, 0.29) is 23.7 Å². The van der Waals surface area contributed by atoms with Gasteiger partial charge in [0.1, 0.15) is 5.54 Å². The number of amides is 2. The van der Waals surface area contributed by atoms with Crippen LogP contribution in [0.3, 0.4) is 0 Å². The Morgan fingerprint density at radius 2 is 1.75 bits per heavy atom. The minimum Gasteiger partial charge on any atom is -0.467 e. The molecule has 1 atom stereocenters. The molecule has 152 valence electrons. The zero-order valence-corrected chi connectivity index (χ0v) is 16.8. The lowest BCUT2D eigenvalue weighted by Crippen LogP contribution is -2.58. The van der Waals surface area contributed by atoms with Gasteiger partial charge in [-0.05, 0) is 44.7 Å². The fraction of sp³-hybridized carbons (Fsp3) is 0.591. The minimum atomic E-state index is -0.909. The first kappa shape index (κ1) is 20.4. The summed E-state index contributed by atoms with van der Waals surface area (Å²) in [6, 6.07) is 7.50. The number of hydrogen-bond donors (Lipinski definition) is 1. The zero-order valence-electron chi connectivity index (χ0n) is 16.8. The van der Waals surface area contributed by atoms with E-state index in [0.29, 0.717) is 31.5 Å². The fourth-order valence-corrected chi connectivity index (χ4v) is 4.32. The first-order valence-electron chi connectivity index (χ1n) is 10.2. The molecule has 1 saturated carbocycles. The van der Waals surface area contributed by atoms with Gasteiger partial charge in [0.05, 0.1) is 13.0 Å². The van der Waals surface area contributed by atoms with Gasteiger partial charge in [-0.3, -0.25) is 9.59 Å². The third kappa shape index (κ3) is 4.37. The molecule has 1 aromatic rings. The smallest absolute Gasteiger partial charge is 0.331 e. The predicted molar refractivity (Wildman–Crippen MR) is 106 cm³/mol. The number of hydrogen-bond acceptors (Lipinski definition) is 4. The SMILES string of the molecule is COC(=O)C1(NC(=O)C2CCCN(C(=O)c3ccc(C)cc3)C2)CCCCC1. The van der Waals surface area contributed by atoms with E-state index >= 15 is 0 Å². The maximum absolute atomic E-state index is 13.0. The number of nitrogens with zero attached hydrogens (tertiary/aromatic N) is 1. The Morgan fingerprint density at radius 3 is 2.39 bits per heavy atom. The normalized spacial score (nSPS) is 21.6. The van der Waals surface area contributed by atoms with Crippen LogP contribution in [0, 0.1) is 12.8 Å². The molecular weight excluding hydrogens is 356 g/mol. The molecular formula is C22H30N2O4. The van der Waals surface area contributed by atoms with Crippen LogP contribution < -0.4 is 5.32 Å². The predicted octanol–water partition coefficient (Wildman–Crippen LogP) is 2.84. The molecule has 2 amide bonds. The summed E-state index contributed by atoms with van der Waals surface area (Å²) < 4.78 is 4.99. The van der Waals surface area contributed by atoms with E-state index in [1.165, 1.54) is 7.11 Å². The van der Waals surface area contributed by atoms with Crippen molar-refractivity contribution < 1.29 is 19.1 Å². The van der Waals surface area contributed by atoms with E-state index in [0.717, 1.165) is 37.7 Å². The summed E-state index contributed by atoms with van der Waals surface area (Å²) in [5, 5.41) is 3.01. The van der Waals surface area contributed by atoms with E-state index in [4.69, 9.17) is 4.74 Å². The maximum Gasteiger partial charge on any atom is 0.331 e. The highest BCUT2D eigenvalue weighted by molar-refractivity contribution is 5.95. The van der Waals surface area contributed by atoms with E-state index in [1.807, 2.05) is 31.2 Å². The molecule has 0 spiro atoms. The van der Waals surface area contributed by atoms with Gasteiger partial charge in [-0.25, -0.2) is 4.79 Å². The lowest BCUT2D eigenvalue weighted by molar-refractivity contribution is -0.153. The summed E-state index contributed by atoms with van der Waals surface area (Å²) in [7, 11) is 1.37. The zero-order chi connectivity index (χ0) is 20.1. The molecule has 1 aliphatic carbocycles. The highest BCUT2D eigenvalue weighted by atomic mass is 16.5. The lowest BCUT2D eigenvalue weighted by Gasteiger charge is -2.38. The molecule has 28 heavy (non-hydrogen) atoms. The molecule has 0 radical (unpaired) electrons. The van der Waals surface area contributed by atoms with Crippen molar-refractivity contribution in [3.05, 3.63) is 35.4 Å². The molecule has 1 aromatic carbocycles. The van der Waals surface area contributed by atoms with Gasteiger partial charge in [-0.1, -0.05) is 37.0 Å². The van der Waals surface area contributed by atoms with E-state index < -0.39 is 5.54 Å². The Bertz CT molecular complexity index is 723. The van der Waals surface area contributed by atoms with Crippen molar-refractivity contribution in [1.82, 2.24) is 10.2 Å². The fourth-order valence-electron chi connectivity index (χ4n) is 4.32. The van der Waals surface area contributed by atoms with Crippen molar-refractivity contribution >= 4 is 17.8 Å². The van der Waals surface area contributed by atoms with Crippen LogP contribution in [0.4, 0.5) is 0 Å². The van der Waals surface area contributed by atoms with Crippen LogP contribution in [-0.2, 0) is 14.3 Å². The van der Waals surface area contributed by atoms with Crippen molar-refractivity contribution in [2.75, 3.05) is 20.2 Å². The lowest BCUT2D eigenvalue weighted by atomic mass is 9.81. The van der Waals surface area contributed by atoms with Gasteiger partial charge in [0.25, 0.3) is 5.91 Å². The van der Waals surface area contributed by atoms with Crippen molar-refractivity contribution in [1.29, 1.82) is 0 Å². The van der Waals surface area contributed by atoms with Gasteiger partial charge in [0.15, 0.2) is 0 Å². The highest BCUT2D eigenvalue weighted by Gasteiger charge is 2.43. The number of aryl methyl sites for hydroxylation is 1. The minimum absolute atomic E-state index is 0.0437. The number of benzene rings is 1. The summed E-state index contributed by atoms with van der Waals surface area (Å²) >= 11 is 0. The highest BCUT2D eigenvalue weighted by Crippen LogP contribution is 2.30. The van der Waals surface area contributed by atoms with Crippen LogP contribution in [0.5, 0.6) is 0 Å². The molecule has 2 fully saturated rings. The van der Waals surface area contributed by atoms with Gasteiger partial charge in [0, 0.05) is 18.7 Å². The summed E-state index contributed by atoms with van der Waals surface area (Å²) in [5.41, 5.74) is 0.839. The van der Waals surface area contributed by atoms with Crippen molar-refractivity contribution in [2.45, 2.75) is 57.4 Å². The molecule has 6 nitrogen and oxygen atoms in total. The summed E-state index contributed by atoms with van der Waals surface area (Å²) in [4.78, 5) is 39.9. The number of esters is 1. The number of piperidine rings is 1. The quantitative estimate of drug-likeness (QED) is 0.808. The van der Waals surface area contributed by atoms with Crippen LogP contribution in [0.25, 0.3) is 0 Å². The van der Waals surface area contributed by atoms with Gasteiger partial charge in [-0.2, -0.15) is 0 Å². The van der Waals surface area contributed by atoms with Gasteiger partial charge >= 0.3 is 5.97 Å². The number of likely N-dealkylation sites (tertiary alicyclic amines) is 1. The Morgan fingerprint density at radius 1 is 1.07 bits per heavy atom. The second-order valence-electron chi connectivity index (χ2n) is 8.08. The number of carbonyl (C=O) groups excluding carboxylic acids is 3. The van der Waals surface area contributed by atoms with Gasteiger partial charge < -0.3 is 15.0 Å². The van der Waals surface area contributed by atoms with Crippen LogP contribution in [-0.4, -0.2) is 48.4 Å². The van der Waals surface area contributed by atoms with Crippen molar-refractivity contribution in [2.24, 2.45) is 5.92 Å².